The fourth-order valence-electron chi connectivity index (χ4n) is 3.39. The molecule has 0 saturated heterocycles. The Balaban J connectivity index is 1.90. The zero-order chi connectivity index (χ0) is 24.9. The molecule has 0 aliphatic carbocycles. The van der Waals surface area contributed by atoms with E-state index >= 15 is 0 Å². The van der Waals surface area contributed by atoms with Crippen LogP contribution in [-0.2, 0) is 20.9 Å². The van der Waals surface area contributed by atoms with Gasteiger partial charge in [0.2, 0.25) is 18.3 Å². The Morgan fingerprint density at radius 1 is 1.12 bits per heavy atom. The van der Waals surface area contributed by atoms with Crippen LogP contribution in [0.25, 0.3) is 11.4 Å². The van der Waals surface area contributed by atoms with Crippen LogP contribution in [0.4, 0.5) is 10.3 Å². The van der Waals surface area contributed by atoms with Crippen molar-refractivity contribution in [2.45, 2.75) is 46.2 Å². The van der Waals surface area contributed by atoms with Crippen LogP contribution >= 0.6 is 0 Å². The number of benzene rings is 2. The number of nitrogens with zero attached hydrogens (tertiary/aromatic N) is 4. The molecule has 0 bridgehead atoms. The molecule has 0 aliphatic rings. The molecule has 0 atom stereocenters. The molecule has 0 unspecified atom stereocenters. The average Bonchev–Trinajstić information content (AvgIpc) is 3.16. The maximum Gasteiger partial charge on any atom is 0.252 e. The second kappa shape index (κ2) is 10.4. The normalized spacial score (nSPS) is 11.4. The van der Waals surface area contributed by atoms with Crippen LogP contribution in [0.2, 0.25) is 0 Å². The zero-order valence-electron chi connectivity index (χ0n) is 19.7. The average molecular weight is 466 g/mol. The molecule has 1 aromatic heterocycles. The summed E-state index contributed by atoms with van der Waals surface area (Å²) in [5, 5.41) is 7.05. The molecule has 8 nitrogen and oxygen atoms in total. The fourth-order valence-corrected chi connectivity index (χ4v) is 3.39. The number of hydrogen-bond donors (Lipinski definition) is 1. The van der Waals surface area contributed by atoms with Crippen LogP contribution in [-0.4, -0.2) is 43.4 Å². The summed E-state index contributed by atoms with van der Waals surface area (Å²) in [5.41, 5.74) is 0.112. The number of anilines is 1. The van der Waals surface area contributed by atoms with Crippen molar-refractivity contribution in [2.75, 3.05) is 5.32 Å². The first-order chi connectivity index (χ1) is 16.1. The molecule has 3 aromatic rings. The van der Waals surface area contributed by atoms with Crippen molar-refractivity contribution >= 4 is 24.2 Å². The van der Waals surface area contributed by atoms with E-state index in [1.165, 1.54) is 26.0 Å². The molecule has 0 aliphatic heterocycles. The van der Waals surface area contributed by atoms with E-state index in [1.807, 2.05) is 44.2 Å². The van der Waals surface area contributed by atoms with E-state index in [0.29, 0.717) is 24.3 Å². The van der Waals surface area contributed by atoms with Crippen LogP contribution < -0.4 is 5.32 Å². The molecule has 3 rings (SSSR count). The highest BCUT2D eigenvalue weighted by Gasteiger charge is 2.38. The van der Waals surface area contributed by atoms with Gasteiger partial charge in [-0.1, -0.05) is 44.2 Å². The maximum atomic E-state index is 13.5. The Kier molecular flexibility index (Phi) is 7.55. The van der Waals surface area contributed by atoms with Gasteiger partial charge in [-0.05, 0) is 49.6 Å². The molecular weight excluding hydrogens is 437 g/mol. The van der Waals surface area contributed by atoms with E-state index < -0.39 is 17.4 Å². The van der Waals surface area contributed by atoms with Crippen molar-refractivity contribution in [3.8, 4) is 11.4 Å². The van der Waals surface area contributed by atoms with Crippen molar-refractivity contribution < 1.29 is 18.8 Å². The first-order valence-electron chi connectivity index (χ1n) is 11.0. The van der Waals surface area contributed by atoms with Crippen molar-refractivity contribution in [1.82, 2.24) is 19.7 Å². The van der Waals surface area contributed by atoms with E-state index in [-0.39, 0.29) is 24.1 Å². The minimum Gasteiger partial charge on any atom is -0.291 e. The number of rotatable bonds is 9. The number of hydrogen-bond acceptors (Lipinski definition) is 5. The van der Waals surface area contributed by atoms with Gasteiger partial charge in [0.15, 0.2) is 5.82 Å². The van der Waals surface area contributed by atoms with Crippen LogP contribution in [0.15, 0.2) is 54.6 Å². The summed E-state index contributed by atoms with van der Waals surface area (Å²) in [6.45, 7) is 7.04. The highest BCUT2D eigenvalue weighted by Crippen LogP contribution is 2.23. The third-order valence-corrected chi connectivity index (χ3v) is 5.29. The van der Waals surface area contributed by atoms with Crippen molar-refractivity contribution in [1.29, 1.82) is 0 Å². The predicted molar refractivity (Wildman–Crippen MR) is 126 cm³/mol. The van der Waals surface area contributed by atoms with Gasteiger partial charge >= 0.3 is 0 Å². The molecule has 0 fully saturated rings. The summed E-state index contributed by atoms with van der Waals surface area (Å²) in [7, 11) is 0. The van der Waals surface area contributed by atoms with E-state index in [2.05, 4.69) is 15.4 Å². The molecule has 0 spiro atoms. The summed E-state index contributed by atoms with van der Waals surface area (Å²) in [4.78, 5) is 42.6. The monoisotopic (exact) mass is 465 g/mol. The Morgan fingerprint density at radius 2 is 1.76 bits per heavy atom. The molecule has 3 amide bonds. The summed E-state index contributed by atoms with van der Waals surface area (Å²) >= 11 is 0. The minimum absolute atomic E-state index is 0.00971. The molecule has 9 heteroatoms. The largest absolute Gasteiger partial charge is 0.291 e. The SMILES string of the molecule is CC(C)CC(=O)N(C=O)C(C)(C)C(=O)Nc1nc(-c2ccc(F)cc2)n(Cc2ccccc2)n1. The van der Waals surface area contributed by atoms with Gasteiger partial charge in [0, 0.05) is 12.0 Å². The number of amides is 3. The Bertz CT molecular complexity index is 1160. The standard InChI is InChI=1S/C25H28FN5O3/c1-17(2)14-21(33)30(16-32)25(3,4)23(34)28-24-27-22(19-10-12-20(26)13-11-19)31(29-24)15-18-8-6-5-7-9-18/h5-13,16-17H,14-15H2,1-4H3,(H,28,29,34). The number of carbonyl (C=O) groups is 3. The lowest BCUT2D eigenvalue weighted by atomic mass is 10.00. The van der Waals surface area contributed by atoms with Gasteiger partial charge in [0.1, 0.15) is 11.4 Å². The Morgan fingerprint density at radius 3 is 2.35 bits per heavy atom. The van der Waals surface area contributed by atoms with Gasteiger partial charge in [-0.25, -0.2) is 9.07 Å². The molecule has 0 saturated carbocycles. The molecule has 1 heterocycles. The first-order valence-corrected chi connectivity index (χ1v) is 11.0. The lowest BCUT2D eigenvalue weighted by molar-refractivity contribution is -0.149. The molecule has 34 heavy (non-hydrogen) atoms. The maximum absolute atomic E-state index is 13.5. The van der Waals surface area contributed by atoms with E-state index in [0.717, 1.165) is 10.5 Å². The first kappa shape index (κ1) is 24.8. The summed E-state index contributed by atoms with van der Waals surface area (Å²) in [6, 6.07) is 15.4. The Hall–Kier alpha value is -3.88. The second-order valence-electron chi connectivity index (χ2n) is 8.89. The van der Waals surface area contributed by atoms with Crippen molar-refractivity contribution in [3.63, 3.8) is 0 Å². The quantitative estimate of drug-likeness (QED) is 0.484. The second-order valence-corrected chi connectivity index (χ2v) is 8.89. The number of halogens is 1. The van der Waals surface area contributed by atoms with Gasteiger partial charge in [-0.2, -0.15) is 4.98 Å². The van der Waals surface area contributed by atoms with Crippen molar-refractivity contribution in [2.24, 2.45) is 5.92 Å². The smallest absolute Gasteiger partial charge is 0.252 e. The molecular formula is C25H28FN5O3. The van der Waals surface area contributed by atoms with Gasteiger partial charge < -0.3 is 0 Å². The van der Waals surface area contributed by atoms with Gasteiger partial charge in [-0.3, -0.25) is 24.6 Å². The van der Waals surface area contributed by atoms with Crippen LogP contribution in [0.3, 0.4) is 0 Å². The molecule has 178 valence electrons. The van der Waals surface area contributed by atoms with Crippen molar-refractivity contribution in [3.05, 3.63) is 66.0 Å². The number of aromatic nitrogens is 3. The predicted octanol–water partition coefficient (Wildman–Crippen LogP) is 3.88. The topological polar surface area (TPSA) is 97.2 Å². The lowest BCUT2D eigenvalue weighted by Crippen LogP contribution is -2.54. The van der Waals surface area contributed by atoms with Gasteiger partial charge in [0.25, 0.3) is 5.91 Å². The summed E-state index contributed by atoms with van der Waals surface area (Å²) in [5.74, 6) is -0.967. The van der Waals surface area contributed by atoms with E-state index in [9.17, 15) is 18.8 Å². The Labute approximate surface area is 197 Å². The van der Waals surface area contributed by atoms with E-state index in [4.69, 9.17) is 0 Å². The third kappa shape index (κ3) is 5.72. The highest BCUT2D eigenvalue weighted by molar-refractivity contribution is 6.02. The van der Waals surface area contributed by atoms with Crippen LogP contribution in [0, 0.1) is 11.7 Å². The van der Waals surface area contributed by atoms with Gasteiger partial charge in [0.05, 0.1) is 6.54 Å². The zero-order valence-corrected chi connectivity index (χ0v) is 19.7. The van der Waals surface area contributed by atoms with Crippen LogP contribution in [0.1, 0.15) is 39.7 Å². The summed E-state index contributed by atoms with van der Waals surface area (Å²) < 4.78 is 15.1. The minimum atomic E-state index is -1.46. The highest BCUT2D eigenvalue weighted by atomic mass is 19.1. The van der Waals surface area contributed by atoms with Gasteiger partial charge in [-0.15, -0.1) is 5.10 Å². The lowest BCUT2D eigenvalue weighted by Gasteiger charge is -2.32. The number of imide groups is 1. The number of nitrogens with one attached hydrogen (secondary N) is 1. The van der Waals surface area contributed by atoms with Crippen LogP contribution in [0.5, 0.6) is 0 Å². The molecule has 2 aromatic carbocycles. The third-order valence-electron chi connectivity index (χ3n) is 5.29. The number of carbonyl (C=O) groups excluding carboxylic acids is 3. The molecule has 1 N–H and O–H groups in total. The summed E-state index contributed by atoms with van der Waals surface area (Å²) in [6.07, 6.45) is 0.504. The molecule has 0 radical (unpaired) electrons. The van der Waals surface area contributed by atoms with E-state index in [1.54, 1.807) is 16.8 Å². The fraction of sp³-hybridized carbons (Fsp3) is 0.320.